The maximum Gasteiger partial charge on any atom is 0.230 e. The van der Waals surface area contributed by atoms with Gasteiger partial charge < -0.3 is 20.3 Å². The molecule has 1 unspecified atom stereocenters. The molecule has 1 aliphatic heterocycles. The monoisotopic (exact) mass is 429 g/mol. The Morgan fingerprint density at radius 1 is 1.06 bits per heavy atom. The lowest BCUT2D eigenvalue weighted by Crippen LogP contribution is -2.29. The second-order valence-corrected chi connectivity index (χ2v) is 9.12. The van der Waals surface area contributed by atoms with E-state index < -0.39 is 6.10 Å². The first-order valence-corrected chi connectivity index (χ1v) is 11.4. The van der Waals surface area contributed by atoms with Gasteiger partial charge in [-0.25, -0.2) is 9.97 Å². The molecule has 1 atom stereocenters. The Labute approximate surface area is 186 Å². The van der Waals surface area contributed by atoms with Crippen LogP contribution < -0.4 is 10.6 Å². The minimum Gasteiger partial charge on any atom is -0.385 e. The van der Waals surface area contributed by atoms with Crippen molar-refractivity contribution in [1.29, 1.82) is 0 Å². The minimum atomic E-state index is -0.604. The van der Waals surface area contributed by atoms with Crippen molar-refractivity contribution in [2.45, 2.75) is 51.3 Å². The number of pyridine rings is 2. The topological polar surface area (TPSA) is 101 Å². The third-order valence-corrected chi connectivity index (χ3v) is 6.92. The van der Waals surface area contributed by atoms with E-state index in [4.69, 9.17) is 4.98 Å². The molecule has 0 saturated heterocycles. The summed E-state index contributed by atoms with van der Waals surface area (Å²) in [6.07, 6.45) is 9.84. The second-order valence-electron chi connectivity index (χ2n) is 9.12. The van der Waals surface area contributed by atoms with E-state index in [1.165, 1.54) is 12.8 Å². The first-order chi connectivity index (χ1) is 15.7. The van der Waals surface area contributed by atoms with Crippen molar-refractivity contribution in [3.05, 3.63) is 48.0 Å². The summed E-state index contributed by atoms with van der Waals surface area (Å²) in [5, 5.41) is 18.9. The van der Waals surface area contributed by atoms with E-state index in [-0.39, 0.29) is 0 Å². The number of aliphatic hydroxyl groups excluding tert-OH is 1. The van der Waals surface area contributed by atoms with E-state index in [0.717, 1.165) is 52.8 Å². The maximum absolute atomic E-state index is 10.3. The predicted octanol–water partition coefficient (Wildman–Crippen LogP) is 4.01. The molecule has 2 aliphatic rings. The third kappa shape index (κ3) is 3.30. The molecule has 5 heterocycles. The zero-order valence-corrected chi connectivity index (χ0v) is 18.1. The summed E-state index contributed by atoms with van der Waals surface area (Å²) in [7, 11) is 0. The van der Waals surface area contributed by atoms with Crippen molar-refractivity contribution in [3.63, 3.8) is 0 Å². The van der Waals surface area contributed by atoms with Crippen molar-refractivity contribution >= 4 is 33.7 Å². The van der Waals surface area contributed by atoms with E-state index in [0.29, 0.717) is 30.0 Å². The van der Waals surface area contributed by atoms with Gasteiger partial charge in [-0.15, -0.1) is 0 Å². The molecular formula is C24H27N7O. The molecule has 4 aromatic heterocycles. The van der Waals surface area contributed by atoms with Crippen LogP contribution in [0.2, 0.25) is 0 Å². The molecule has 0 aromatic carbocycles. The van der Waals surface area contributed by atoms with Crippen molar-refractivity contribution in [1.82, 2.24) is 29.8 Å². The Bertz CT molecular complexity index is 1290. The lowest BCUT2D eigenvalue weighted by Gasteiger charge is -2.28. The summed E-state index contributed by atoms with van der Waals surface area (Å²) in [5.41, 5.74) is 3.79. The minimum absolute atomic E-state index is 0.419. The van der Waals surface area contributed by atoms with Gasteiger partial charge in [-0.3, -0.25) is 4.98 Å². The van der Waals surface area contributed by atoms with Gasteiger partial charge in [-0.05, 0) is 49.3 Å². The molecule has 6 rings (SSSR count). The van der Waals surface area contributed by atoms with Gasteiger partial charge in [-0.1, -0.05) is 13.0 Å². The molecular weight excluding hydrogens is 402 g/mol. The van der Waals surface area contributed by atoms with Crippen LogP contribution in [0.3, 0.4) is 0 Å². The van der Waals surface area contributed by atoms with Crippen LogP contribution in [0.1, 0.15) is 56.0 Å². The van der Waals surface area contributed by atoms with Gasteiger partial charge >= 0.3 is 0 Å². The van der Waals surface area contributed by atoms with Crippen molar-refractivity contribution in [2.75, 3.05) is 11.9 Å². The van der Waals surface area contributed by atoms with Crippen LogP contribution in [0, 0.1) is 5.92 Å². The molecule has 1 saturated carbocycles. The van der Waals surface area contributed by atoms with Crippen LogP contribution in [0.5, 0.6) is 0 Å². The maximum atomic E-state index is 10.3. The van der Waals surface area contributed by atoms with Gasteiger partial charge in [0.2, 0.25) is 5.95 Å². The molecule has 3 N–H and O–H groups in total. The van der Waals surface area contributed by atoms with Crippen LogP contribution in [-0.2, 0) is 6.54 Å². The van der Waals surface area contributed by atoms with Crippen LogP contribution in [-0.4, -0.2) is 36.2 Å². The number of hydrogen-bond acceptors (Lipinski definition) is 7. The third-order valence-electron chi connectivity index (χ3n) is 6.92. The Morgan fingerprint density at radius 2 is 1.94 bits per heavy atom. The molecule has 4 aromatic rings. The van der Waals surface area contributed by atoms with Crippen molar-refractivity contribution in [3.8, 4) is 0 Å². The highest BCUT2D eigenvalue weighted by atomic mass is 16.3. The Morgan fingerprint density at radius 3 is 2.81 bits per heavy atom. The average molecular weight is 430 g/mol. The summed E-state index contributed by atoms with van der Waals surface area (Å²) >= 11 is 0. The summed E-state index contributed by atoms with van der Waals surface area (Å²) in [4.78, 5) is 18.5. The van der Waals surface area contributed by atoms with Gasteiger partial charge in [0.1, 0.15) is 17.6 Å². The van der Waals surface area contributed by atoms with E-state index in [2.05, 4.69) is 43.1 Å². The summed E-state index contributed by atoms with van der Waals surface area (Å²) in [6.45, 7) is 3.57. The predicted molar refractivity (Wildman–Crippen MR) is 124 cm³/mol. The summed E-state index contributed by atoms with van der Waals surface area (Å²) in [6, 6.07) is 6.37. The van der Waals surface area contributed by atoms with Gasteiger partial charge in [0.15, 0.2) is 0 Å². The van der Waals surface area contributed by atoms with Crippen molar-refractivity contribution < 1.29 is 5.11 Å². The van der Waals surface area contributed by atoms with Crippen LogP contribution in [0.4, 0.5) is 11.8 Å². The Kier molecular flexibility index (Phi) is 4.77. The molecule has 0 bridgehead atoms. The number of hydrogen-bond donors (Lipinski definition) is 3. The van der Waals surface area contributed by atoms with Gasteiger partial charge in [0.25, 0.3) is 0 Å². The van der Waals surface area contributed by atoms with E-state index in [9.17, 15) is 5.11 Å². The van der Waals surface area contributed by atoms with Crippen LogP contribution >= 0.6 is 0 Å². The van der Waals surface area contributed by atoms with Gasteiger partial charge in [0.05, 0.1) is 17.4 Å². The standard InChI is InChI=1S/C24H27N7O/c1-14-2-5-16(6-3-14)31-19-12-25-9-8-17(19)18-11-27-24(30-23(18)31)29-21-7-4-15-10-26-13-20(32)22(15)28-21/h4,7-9,11-12,14,16,20,26,32H,2-3,5-6,10,13H2,1H3,(H,27,28,29,30). The summed E-state index contributed by atoms with van der Waals surface area (Å²) < 4.78 is 2.37. The second kappa shape index (κ2) is 7.79. The molecule has 0 radical (unpaired) electrons. The molecule has 164 valence electrons. The molecule has 1 aliphatic carbocycles. The number of rotatable bonds is 3. The normalized spacial score (nSPS) is 23.4. The highest BCUT2D eigenvalue weighted by molar-refractivity contribution is 6.06. The zero-order chi connectivity index (χ0) is 21.7. The molecule has 0 amide bonds. The smallest absolute Gasteiger partial charge is 0.230 e. The number of aliphatic hydroxyl groups is 1. The first-order valence-electron chi connectivity index (χ1n) is 11.4. The zero-order valence-electron chi connectivity index (χ0n) is 18.1. The summed E-state index contributed by atoms with van der Waals surface area (Å²) in [5.74, 6) is 1.93. The lowest BCUT2D eigenvalue weighted by molar-refractivity contribution is 0.160. The molecule has 8 nitrogen and oxygen atoms in total. The Hall–Kier alpha value is -3.10. The molecule has 0 spiro atoms. The van der Waals surface area contributed by atoms with Crippen LogP contribution in [0.25, 0.3) is 21.9 Å². The highest BCUT2D eigenvalue weighted by Gasteiger charge is 2.25. The fraction of sp³-hybridized carbons (Fsp3) is 0.417. The molecule has 8 heteroatoms. The fourth-order valence-electron chi connectivity index (χ4n) is 5.16. The largest absolute Gasteiger partial charge is 0.385 e. The number of nitrogens with zero attached hydrogens (tertiary/aromatic N) is 5. The van der Waals surface area contributed by atoms with Crippen LogP contribution in [0.15, 0.2) is 36.8 Å². The van der Waals surface area contributed by atoms with Gasteiger partial charge in [0, 0.05) is 42.3 Å². The number of aromatic nitrogens is 5. The highest BCUT2D eigenvalue weighted by Crippen LogP contribution is 2.38. The average Bonchev–Trinajstić information content (AvgIpc) is 3.14. The Balaban J connectivity index is 1.41. The lowest BCUT2D eigenvalue weighted by atomic mass is 9.87. The van der Waals surface area contributed by atoms with E-state index in [1.807, 2.05) is 30.7 Å². The van der Waals surface area contributed by atoms with E-state index in [1.54, 1.807) is 0 Å². The number of fused-ring (bicyclic) bond motifs is 4. The van der Waals surface area contributed by atoms with Gasteiger partial charge in [-0.2, -0.15) is 4.98 Å². The van der Waals surface area contributed by atoms with Crippen molar-refractivity contribution in [2.24, 2.45) is 5.92 Å². The number of anilines is 2. The molecule has 32 heavy (non-hydrogen) atoms. The first kappa shape index (κ1) is 19.6. The quantitative estimate of drug-likeness (QED) is 0.452. The number of nitrogens with one attached hydrogen (secondary N) is 2. The molecule has 1 fully saturated rings. The fourth-order valence-corrected chi connectivity index (χ4v) is 5.16. The SMILES string of the molecule is CC1CCC(n2c3cnccc3c3cnc(Nc4ccc5c(n4)C(O)CNC5)nc32)CC1. The van der Waals surface area contributed by atoms with E-state index >= 15 is 0 Å². The number of β-amino-alcohol motifs (C(OH)–C–C–N with tert-alkyl or cyclic N) is 1.